The third kappa shape index (κ3) is 5.80. The first-order valence-corrected chi connectivity index (χ1v) is 15.5. The van der Waals surface area contributed by atoms with Gasteiger partial charge in [-0.2, -0.15) is 0 Å². The van der Waals surface area contributed by atoms with Gasteiger partial charge in [0.15, 0.2) is 0 Å². The molecule has 8 nitrogen and oxygen atoms in total. The molecule has 3 heterocycles. The van der Waals surface area contributed by atoms with Gasteiger partial charge in [0.1, 0.15) is 11.8 Å². The number of rotatable bonds is 14. The number of nitrogens with zero attached hydrogens (tertiary/aromatic N) is 1. The Labute approximate surface area is 237 Å². The molecule has 3 aliphatic heterocycles. The average Bonchev–Trinajstić information content (AvgIpc) is 3.46. The molecule has 39 heavy (non-hydrogen) atoms. The van der Waals surface area contributed by atoms with Gasteiger partial charge in [0.05, 0.1) is 23.2 Å². The van der Waals surface area contributed by atoms with Crippen molar-refractivity contribution in [1.29, 1.82) is 0 Å². The van der Waals surface area contributed by atoms with Crippen LogP contribution in [0.2, 0.25) is 0 Å². The molecular formula is C30H45N3O5S. The van der Waals surface area contributed by atoms with Crippen molar-refractivity contribution in [2.75, 3.05) is 25.1 Å². The van der Waals surface area contributed by atoms with Crippen molar-refractivity contribution < 1.29 is 24.2 Å². The second kappa shape index (κ2) is 12.5. The molecule has 0 aromatic heterocycles. The second-order valence-electron chi connectivity index (χ2n) is 11.5. The van der Waals surface area contributed by atoms with E-state index >= 15 is 0 Å². The van der Waals surface area contributed by atoms with E-state index in [1.165, 1.54) is 0 Å². The van der Waals surface area contributed by atoms with Gasteiger partial charge in [-0.3, -0.25) is 14.4 Å². The fraction of sp³-hybridized carbons (Fsp3) is 0.700. The lowest BCUT2D eigenvalue weighted by Gasteiger charge is -2.35. The minimum Gasteiger partial charge on any atom is -0.494 e. The molecule has 1 aromatic rings. The summed E-state index contributed by atoms with van der Waals surface area (Å²) in [6, 6.07) is 6.74. The number of carbonyl (C=O) groups is 3. The van der Waals surface area contributed by atoms with Gasteiger partial charge < -0.3 is 25.4 Å². The summed E-state index contributed by atoms with van der Waals surface area (Å²) in [4.78, 5) is 43.6. The summed E-state index contributed by atoms with van der Waals surface area (Å²) in [5.74, 6) is -0.618. The van der Waals surface area contributed by atoms with Crippen LogP contribution in [0.25, 0.3) is 0 Å². The van der Waals surface area contributed by atoms with Crippen LogP contribution in [-0.4, -0.2) is 69.1 Å². The standard InChI is InChI=1S/C30H45N3O5S/c1-5-11-20(3)31-27(36)25-30-17-16-29(4,39-30)23(24(30)28(37)33(25)18-9-7-8-10-19-34)26(35)32-21-12-14-22(15-13-21)38-6-2/h12-15,20,23-25,34H,5-11,16-19H2,1-4H3,(H,31,36)(H,32,35)/t20?,23-,24+,25?,29+,30?/m1/s1. The Morgan fingerprint density at radius 2 is 1.85 bits per heavy atom. The van der Waals surface area contributed by atoms with Crippen molar-refractivity contribution in [3.05, 3.63) is 24.3 Å². The van der Waals surface area contributed by atoms with Crippen LogP contribution in [0, 0.1) is 11.8 Å². The predicted molar refractivity (Wildman–Crippen MR) is 155 cm³/mol. The van der Waals surface area contributed by atoms with Crippen molar-refractivity contribution in [1.82, 2.24) is 10.2 Å². The smallest absolute Gasteiger partial charge is 0.244 e. The highest BCUT2D eigenvalue weighted by atomic mass is 32.2. The number of likely N-dealkylation sites (tertiary alicyclic amines) is 1. The molecule has 1 aromatic carbocycles. The minimum absolute atomic E-state index is 0.0254. The Bertz CT molecular complexity index is 1040. The number of benzene rings is 1. The summed E-state index contributed by atoms with van der Waals surface area (Å²) in [7, 11) is 0. The first-order chi connectivity index (χ1) is 18.7. The summed E-state index contributed by atoms with van der Waals surface area (Å²) in [5, 5.41) is 15.4. The number of hydrogen-bond acceptors (Lipinski definition) is 6. The van der Waals surface area contributed by atoms with E-state index in [0.717, 1.165) is 57.1 Å². The van der Waals surface area contributed by atoms with E-state index in [9.17, 15) is 14.4 Å². The minimum atomic E-state index is -0.603. The molecule has 3 saturated heterocycles. The molecule has 3 unspecified atom stereocenters. The number of unbranched alkanes of at least 4 members (excludes halogenated alkanes) is 3. The number of hydrogen-bond donors (Lipinski definition) is 3. The van der Waals surface area contributed by atoms with E-state index in [2.05, 4.69) is 24.5 Å². The van der Waals surface area contributed by atoms with Crippen LogP contribution in [0.3, 0.4) is 0 Å². The summed E-state index contributed by atoms with van der Waals surface area (Å²) in [6.07, 6.45) is 6.66. The lowest BCUT2D eigenvalue weighted by atomic mass is 9.66. The molecule has 2 bridgehead atoms. The molecule has 0 saturated carbocycles. The van der Waals surface area contributed by atoms with Gasteiger partial charge in [-0.1, -0.05) is 26.2 Å². The van der Waals surface area contributed by atoms with Gasteiger partial charge in [-0.15, -0.1) is 11.8 Å². The normalized spacial score (nSPS) is 29.8. The maximum Gasteiger partial charge on any atom is 0.244 e. The van der Waals surface area contributed by atoms with E-state index in [1.807, 2.05) is 38.1 Å². The van der Waals surface area contributed by atoms with Gasteiger partial charge in [-0.05, 0) is 77.1 Å². The zero-order chi connectivity index (χ0) is 28.2. The highest BCUT2D eigenvalue weighted by Gasteiger charge is 2.77. The number of aliphatic hydroxyl groups is 1. The SMILES string of the molecule is CCCC(C)NC(=O)C1N(CCCCCCO)C(=O)[C@@H]2[C@H](C(=O)Nc3ccc(OCC)cc3)[C@]3(C)CCC12S3. The number of carbonyl (C=O) groups excluding carboxylic acids is 3. The van der Waals surface area contributed by atoms with Crippen LogP contribution in [0.5, 0.6) is 5.75 Å². The number of fused-ring (bicyclic) bond motifs is 1. The van der Waals surface area contributed by atoms with Gasteiger partial charge in [-0.25, -0.2) is 0 Å². The lowest BCUT2D eigenvalue weighted by molar-refractivity contribution is -0.139. The molecular weight excluding hydrogens is 514 g/mol. The summed E-state index contributed by atoms with van der Waals surface area (Å²) in [5.41, 5.74) is 0.669. The third-order valence-electron chi connectivity index (χ3n) is 8.66. The molecule has 9 heteroatoms. The van der Waals surface area contributed by atoms with Crippen LogP contribution < -0.4 is 15.4 Å². The fourth-order valence-corrected chi connectivity index (χ4v) is 9.32. The van der Waals surface area contributed by atoms with Crippen molar-refractivity contribution in [3.8, 4) is 5.75 Å². The molecule has 3 amide bonds. The van der Waals surface area contributed by atoms with Crippen LogP contribution in [0.1, 0.15) is 79.1 Å². The van der Waals surface area contributed by atoms with E-state index in [4.69, 9.17) is 9.84 Å². The molecule has 3 aliphatic rings. The van der Waals surface area contributed by atoms with Gasteiger partial charge in [0.2, 0.25) is 17.7 Å². The van der Waals surface area contributed by atoms with Crippen LogP contribution in [0.15, 0.2) is 24.3 Å². The van der Waals surface area contributed by atoms with E-state index in [1.54, 1.807) is 16.7 Å². The molecule has 3 fully saturated rings. The monoisotopic (exact) mass is 559 g/mol. The number of nitrogens with one attached hydrogen (secondary N) is 2. The molecule has 3 N–H and O–H groups in total. The van der Waals surface area contributed by atoms with Gasteiger partial charge in [0, 0.05) is 29.6 Å². The third-order valence-corrected chi connectivity index (χ3v) is 10.6. The van der Waals surface area contributed by atoms with E-state index in [-0.39, 0.29) is 30.4 Å². The van der Waals surface area contributed by atoms with Crippen molar-refractivity contribution in [2.45, 2.75) is 101 Å². The van der Waals surface area contributed by atoms with Crippen LogP contribution in [0.4, 0.5) is 5.69 Å². The maximum atomic E-state index is 14.1. The number of anilines is 1. The maximum absolute atomic E-state index is 14.1. The predicted octanol–water partition coefficient (Wildman–Crippen LogP) is 4.36. The van der Waals surface area contributed by atoms with Crippen molar-refractivity contribution >= 4 is 35.2 Å². The Kier molecular flexibility index (Phi) is 9.53. The molecule has 0 aliphatic carbocycles. The van der Waals surface area contributed by atoms with Crippen molar-refractivity contribution in [3.63, 3.8) is 0 Å². The zero-order valence-electron chi connectivity index (χ0n) is 23.8. The first kappa shape index (κ1) is 29.7. The Morgan fingerprint density at radius 3 is 2.51 bits per heavy atom. The second-order valence-corrected chi connectivity index (χ2v) is 13.4. The van der Waals surface area contributed by atoms with E-state index < -0.39 is 27.4 Å². The average molecular weight is 560 g/mol. The zero-order valence-corrected chi connectivity index (χ0v) is 24.6. The largest absolute Gasteiger partial charge is 0.494 e. The molecule has 0 radical (unpaired) electrons. The fourth-order valence-electron chi connectivity index (χ4n) is 6.96. The summed E-state index contributed by atoms with van der Waals surface area (Å²) >= 11 is 1.70. The Hall–Kier alpha value is -2.26. The molecule has 216 valence electrons. The van der Waals surface area contributed by atoms with Crippen LogP contribution in [-0.2, 0) is 14.4 Å². The highest BCUT2D eigenvalue weighted by molar-refractivity contribution is 8.02. The number of ether oxygens (including phenoxy) is 1. The number of thioether (sulfide) groups is 1. The Balaban J connectivity index is 1.59. The number of aliphatic hydroxyl groups excluding tert-OH is 1. The van der Waals surface area contributed by atoms with Gasteiger partial charge >= 0.3 is 0 Å². The quantitative estimate of drug-likeness (QED) is 0.292. The molecule has 4 rings (SSSR count). The summed E-state index contributed by atoms with van der Waals surface area (Å²) < 4.78 is 4.51. The van der Waals surface area contributed by atoms with Gasteiger partial charge in [0.25, 0.3) is 0 Å². The summed E-state index contributed by atoms with van der Waals surface area (Å²) in [6.45, 7) is 9.35. The highest BCUT2D eigenvalue weighted by Crippen LogP contribution is 2.71. The Morgan fingerprint density at radius 1 is 1.13 bits per heavy atom. The lowest BCUT2D eigenvalue weighted by Crippen LogP contribution is -2.55. The number of amides is 3. The topological polar surface area (TPSA) is 108 Å². The van der Waals surface area contributed by atoms with E-state index in [0.29, 0.717) is 18.8 Å². The van der Waals surface area contributed by atoms with Crippen LogP contribution >= 0.6 is 11.8 Å². The molecule has 1 spiro atoms. The first-order valence-electron chi connectivity index (χ1n) is 14.7. The molecule has 6 atom stereocenters. The van der Waals surface area contributed by atoms with Crippen molar-refractivity contribution in [2.24, 2.45) is 11.8 Å².